The minimum Gasteiger partial charge on any atom is -0.409 e. The molecule has 0 aliphatic heterocycles. The molecule has 0 atom stereocenters. The van der Waals surface area contributed by atoms with E-state index in [-0.39, 0.29) is 17.9 Å². The van der Waals surface area contributed by atoms with Crippen molar-refractivity contribution in [2.24, 2.45) is 10.9 Å². The fraction of sp³-hybridized carbons (Fsp3) is 0.133. The summed E-state index contributed by atoms with van der Waals surface area (Å²) in [7, 11) is 0. The number of hydrogen-bond acceptors (Lipinski definition) is 3. The van der Waals surface area contributed by atoms with Gasteiger partial charge in [0.15, 0.2) is 5.84 Å². The average molecular weight is 308 g/mol. The molecule has 0 radical (unpaired) electrons. The van der Waals surface area contributed by atoms with Gasteiger partial charge < -0.3 is 16.3 Å². The molecule has 0 spiro atoms. The lowest BCUT2D eigenvalue weighted by atomic mass is 10.1. The topological polar surface area (TPSA) is 70.6 Å². The van der Waals surface area contributed by atoms with Crippen LogP contribution in [0.1, 0.15) is 16.7 Å². The van der Waals surface area contributed by atoms with E-state index in [1.165, 1.54) is 6.07 Å². The summed E-state index contributed by atoms with van der Waals surface area (Å²) in [6.07, 6.45) is 0. The van der Waals surface area contributed by atoms with Crippen molar-refractivity contribution in [2.75, 3.05) is 5.32 Å². The number of nitrogens with two attached hydrogens (primary N) is 1. The van der Waals surface area contributed by atoms with Crippen molar-refractivity contribution in [3.8, 4) is 0 Å². The first kappa shape index (κ1) is 15.1. The molecule has 2 rings (SSSR count). The maximum absolute atomic E-state index is 14.2. The molecule has 0 aromatic heterocycles. The molecule has 0 bridgehead atoms. The van der Waals surface area contributed by atoms with Crippen LogP contribution < -0.4 is 11.1 Å². The zero-order valence-electron chi connectivity index (χ0n) is 11.4. The van der Waals surface area contributed by atoms with E-state index in [4.69, 9.17) is 22.5 Å². The standard InChI is InChI=1S/C15H15ClFN3O/c1-9-5-6-12(16)13(7-9)19-8-10-3-2-4-11(14(10)17)15(18)20-21/h2-7,19,21H,8H2,1H3,(H2,18,20). The highest BCUT2D eigenvalue weighted by atomic mass is 35.5. The van der Waals surface area contributed by atoms with Gasteiger partial charge in [-0.1, -0.05) is 35.0 Å². The Kier molecular flexibility index (Phi) is 4.65. The van der Waals surface area contributed by atoms with Crippen LogP contribution in [0.2, 0.25) is 5.02 Å². The van der Waals surface area contributed by atoms with Crippen LogP contribution in [0.5, 0.6) is 0 Å². The van der Waals surface area contributed by atoms with Crippen molar-refractivity contribution in [3.63, 3.8) is 0 Å². The molecular formula is C15H15ClFN3O. The molecule has 0 unspecified atom stereocenters. The van der Waals surface area contributed by atoms with Crippen molar-refractivity contribution >= 4 is 23.1 Å². The molecule has 0 aliphatic rings. The molecule has 2 aromatic carbocycles. The van der Waals surface area contributed by atoms with E-state index in [0.717, 1.165) is 11.3 Å². The molecular weight excluding hydrogens is 293 g/mol. The molecule has 0 heterocycles. The fourth-order valence-electron chi connectivity index (χ4n) is 1.93. The van der Waals surface area contributed by atoms with Crippen molar-refractivity contribution < 1.29 is 9.60 Å². The predicted molar refractivity (Wildman–Crippen MR) is 82.4 cm³/mol. The maximum atomic E-state index is 14.2. The van der Waals surface area contributed by atoms with Gasteiger partial charge in [-0.3, -0.25) is 0 Å². The Bertz CT molecular complexity index is 689. The Hall–Kier alpha value is -2.27. The summed E-state index contributed by atoms with van der Waals surface area (Å²) in [6, 6.07) is 10.3. The Morgan fingerprint density at radius 3 is 2.86 bits per heavy atom. The monoisotopic (exact) mass is 307 g/mol. The Labute approximate surface area is 127 Å². The minimum absolute atomic E-state index is 0.0622. The number of nitrogens with one attached hydrogen (secondary N) is 1. The molecule has 0 fully saturated rings. The third-order valence-electron chi connectivity index (χ3n) is 3.05. The number of nitrogens with zero attached hydrogens (tertiary/aromatic N) is 1. The molecule has 0 saturated heterocycles. The summed E-state index contributed by atoms with van der Waals surface area (Å²) in [5.41, 5.74) is 7.67. The molecule has 0 amide bonds. The van der Waals surface area contributed by atoms with Gasteiger partial charge in [-0.2, -0.15) is 0 Å². The van der Waals surface area contributed by atoms with E-state index >= 15 is 0 Å². The van der Waals surface area contributed by atoms with Crippen LogP contribution in [0, 0.1) is 12.7 Å². The lowest BCUT2D eigenvalue weighted by Crippen LogP contribution is -2.16. The van der Waals surface area contributed by atoms with Crippen molar-refractivity contribution in [1.82, 2.24) is 0 Å². The Morgan fingerprint density at radius 1 is 1.38 bits per heavy atom. The predicted octanol–water partition coefficient (Wildman–Crippen LogP) is 3.49. The van der Waals surface area contributed by atoms with Crippen LogP contribution in [0.25, 0.3) is 0 Å². The van der Waals surface area contributed by atoms with Gasteiger partial charge in [0.05, 0.1) is 16.3 Å². The first-order valence-electron chi connectivity index (χ1n) is 6.28. The van der Waals surface area contributed by atoms with Gasteiger partial charge >= 0.3 is 0 Å². The van der Waals surface area contributed by atoms with Gasteiger partial charge in [0.1, 0.15) is 5.82 Å². The summed E-state index contributed by atoms with van der Waals surface area (Å²) in [5.74, 6) is -0.785. The number of anilines is 1. The Morgan fingerprint density at radius 2 is 2.14 bits per heavy atom. The lowest BCUT2D eigenvalue weighted by molar-refractivity contribution is 0.318. The summed E-state index contributed by atoms with van der Waals surface area (Å²) in [6.45, 7) is 2.18. The molecule has 0 aliphatic carbocycles. The van der Waals surface area contributed by atoms with E-state index in [1.807, 2.05) is 19.1 Å². The zero-order valence-corrected chi connectivity index (χ0v) is 12.2. The molecule has 4 N–H and O–H groups in total. The number of rotatable bonds is 4. The number of oxime groups is 1. The van der Waals surface area contributed by atoms with Crippen LogP contribution in [0.4, 0.5) is 10.1 Å². The number of amidine groups is 1. The number of aryl methyl sites for hydroxylation is 1. The third kappa shape index (κ3) is 3.44. The highest BCUT2D eigenvalue weighted by Gasteiger charge is 2.11. The van der Waals surface area contributed by atoms with Crippen LogP contribution in [0.3, 0.4) is 0 Å². The van der Waals surface area contributed by atoms with E-state index in [0.29, 0.717) is 10.6 Å². The van der Waals surface area contributed by atoms with E-state index in [2.05, 4.69) is 10.5 Å². The number of benzene rings is 2. The van der Waals surface area contributed by atoms with E-state index in [1.54, 1.807) is 18.2 Å². The molecule has 21 heavy (non-hydrogen) atoms. The van der Waals surface area contributed by atoms with Crippen molar-refractivity contribution in [2.45, 2.75) is 13.5 Å². The van der Waals surface area contributed by atoms with Gasteiger partial charge in [-0.25, -0.2) is 4.39 Å². The van der Waals surface area contributed by atoms with Gasteiger partial charge in [-0.15, -0.1) is 0 Å². The second-order valence-corrected chi connectivity index (χ2v) is 5.01. The summed E-state index contributed by atoms with van der Waals surface area (Å²) in [5, 5.41) is 15.1. The molecule has 2 aromatic rings. The van der Waals surface area contributed by atoms with Gasteiger partial charge in [-0.05, 0) is 30.7 Å². The smallest absolute Gasteiger partial charge is 0.173 e. The molecule has 110 valence electrons. The SMILES string of the molecule is Cc1ccc(Cl)c(NCc2cccc(/C(N)=N/O)c2F)c1. The largest absolute Gasteiger partial charge is 0.409 e. The van der Waals surface area contributed by atoms with Gasteiger partial charge in [0, 0.05) is 12.1 Å². The van der Waals surface area contributed by atoms with Crippen LogP contribution >= 0.6 is 11.6 Å². The van der Waals surface area contributed by atoms with Gasteiger partial charge in [0.2, 0.25) is 0 Å². The van der Waals surface area contributed by atoms with Gasteiger partial charge in [0.25, 0.3) is 0 Å². The second kappa shape index (κ2) is 6.45. The highest BCUT2D eigenvalue weighted by Crippen LogP contribution is 2.24. The number of hydrogen-bond donors (Lipinski definition) is 3. The zero-order chi connectivity index (χ0) is 15.4. The molecule has 4 nitrogen and oxygen atoms in total. The van der Waals surface area contributed by atoms with Crippen LogP contribution in [0.15, 0.2) is 41.6 Å². The first-order chi connectivity index (χ1) is 10.0. The summed E-state index contributed by atoms with van der Waals surface area (Å²) < 4.78 is 14.2. The van der Waals surface area contributed by atoms with Crippen molar-refractivity contribution in [1.29, 1.82) is 0 Å². The highest BCUT2D eigenvalue weighted by molar-refractivity contribution is 6.33. The van der Waals surface area contributed by atoms with Crippen LogP contribution in [-0.4, -0.2) is 11.0 Å². The lowest BCUT2D eigenvalue weighted by Gasteiger charge is -2.11. The van der Waals surface area contributed by atoms with Crippen LogP contribution in [-0.2, 0) is 6.54 Å². The van der Waals surface area contributed by atoms with Crippen molar-refractivity contribution in [3.05, 3.63) is 63.9 Å². The third-order valence-corrected chi connectivity index (χ3v) is 3.38. The Balaban J connectivity index is 2.23. The normalized spacial score (nSPS) is 11.5. The average Bonchev–Trinajstić information content (AvgIpc) is 2.48. The first-order valence-corrected chi connectivity index (χ1v) is 6.66. The summed E-state index contributed by atoms with van der Waals surface area (Å²) >= 11 is 6.08. The molecule has 6 heteroatoms. The fourth-order valence-corrected chi connectivity index (χ4v) is 2.12. The van der Waals surface area contributed by atoms with E-state index < -0.39 is 5.82 Å². The minimum atomic E-state index is -0.524. The number of halogens is 2. The second-order valence-electron chi connectivity index (χ2n) is 4.60. The molecule has 0 saturated carbocycles. The maximum Gasteiger partial charge on any atom is 0.173 e. The van der Waals surface area contributed by atoms with E-state index in [9.17, 15) is 4.39 Å². The summed E-state index contributed by atoms with van der Waals surface area (Å²) in [4.78, 5) is 0. The quantitative estimate of drug-likeness (QED) is 0.350.